The van der Waals surface area contributed by atoms with Gasteiger partial charge in [-0.05, 0) is 38.8 Å². The van der Waals surface area contributed by atoms with E-state index < -0.39 is 17.4 Å². The number of carbonyl (C=O) groups excluding carboxylic acids is 1. The molecule has 0 unspecified atom stereocenters. The molecule has 10 nitrogen and oxygen atoms in total. The number of piperazine rings is 2. The molecular formula is C36H41F3N8O2S. The van der Waals surface area contributed by atoms with Crippen LogP contribution in [0.25, 0.3) is 32.9 Å². The first-order valence-corrected chi connectivity index (χ1v) is 18.3. The highest BCUT2D eigenvalue weighted by molar-refractivity contribution is 7.99. The molecule has 50 heavy (non-hydrogen) atoms. The van der Waals surface area contributed by atoms with Crippen molar-refractivity contribution in [2.75, 3.05) is 56.5 Å². The standard InChI is InChI=1S/C36H41F3N8O2S/c1-5-29(48)45-17-22(3)46(18-21(45)2)34-27-15-28(36(37,38)39)30(26-8-6-7-23-16-40-42(4)31(23)26)33-32(27)47(35(49)41-34)25(20-50-33)19-43-11-13-44(14-12-43)24-9-10-24/h5-8,15-16,21-22,24-25H,1,9-14,17-20H2,2-4H3/t21-,22+,25+/m1/s1. The molecule has 2 saturated heterocycles. The number of para-hydroxylation sites is 1. The van der Waals surface area contributed by atoms with Gasteiger partial charge in [0.15, 0.2) is 0 Å². The Hall–Kier alpha value is -3.88. The molecule has 1 saturated carbocycles. The second-order valence-electron chi connectivity index (χ2n) is 14.2. The minimum absolute atomic E-state index is 0.0637. The molecule has 0 bridgehead atoms. The summed E-state index contributed by atoms with van der Waals surface area (Å²) >= 11 is 1.40. The van der Waals surface area contributed by atoms with E-state index in [2.05, 4.69) is 26.5 Å². The molecule has 8 rings (SSSR count). The van der Waals surface area contributed by atoms with Crippen molar-refractivity contribution in [3.8, 4) is 11.1 Å². The minimum Gasteiger partial charge on any atom is -0.349 e. The fourth-order valence-corrected chi connectivity index (χ4v) is 9.59. The highest BCUT2D eigenvalue weighted by Gasteiger charge is 2.41. The van der Waals surface area contributed by atoms with Crippen molar-refractivity contribution in [1.29, 1.82) is 0 Å². The van der Waals surface area contributed by atoms with Crippen molar-refractivity contribution in [1.82, 2.24) is 34.0 Å². The number of hydrogen-bond donors (Lipinski definition) is 0. The van der Waals surface area contributed by atoms with E-state index in [0.29, 0.717) is 58.3 Å². The zero-order valence-electron chi connectivity index (χ0n) is 28.5. The number of rotatable bonds is 6. The predicted octanol–water partition coefficient (Wildman–Crippen LogP) is 5.01. The summed E-state index contributed by atoms with van der Waals surface area (Å²) < 4.78 is 49.4. The summed E-state index contributed by atoms with van der Waals surface area (Å²) in [6.45, 7) is 12.4. The minimum atomic E-state index is -4.70. The molecule has 14 heteroatoms. The monoisotopic (exact) mass is 706 g/mol. The molecule has 264 valence electrons. The smallest absolute Gasteiger partial charge is 0.349 e. The molecule has 5 heterocycles. The lowest BCUT2D eigenvalue weighted by Gasteiger charge is -2.45. The van der Waals surface area contributed by atoms with E-state index in [0.717, 1.165) is 31.6 Å². The Morgan fingerprint density at radius 1 is 1.08 bits per heavy atom. The number of aryl methyl sites for hydroxylation is 1. The van der Waals surface area contributed by atoms with E-state index in [1.54, 1.807) is 39.5 Å². The summed E-state index contributed by atoms with van der Waals surface area (Å²) in [7, 11) is 1.73. The first-order chi connectivity index (χ1) is 23.9. The second kappa shape index (κ2) is 12.4. The van der Waals surface area contributed by atoms with Gasteiger partial charge in [0.05, 0.1) is 28.8 Å². The largest absolute Gasteiger partial charge is 0.417 e. The molecule has 0 radical (unpaired) electrons. The number of hydrogen-bond acceptors (Lipinski definition) is 8. The molecule has 0 spiro atoms. The van der Waals surface area contributed by atoms with Crippen LogP contribution in [0.15, 0.2) is 52.8 Å². The van der Waals surface area contributed by atoms with Crippen molar-refractivity contribution in [2.24, 2.45) is 7.05 Å². The van der Waals surface area contributed by atoms with E-state index in [-0.39, 0.29) is 35.4 Å². The van der Waals surface area contributed by atoms with Crippen LogP contribution in [-0.4, -0.2) is 110 Å². The maximum atomic E-state index is 15.4. The van der Waals surface area contributed by atoms with Crippen LogP contribution in [0.4, 0.5) is 19.0 Å². The topological polar surface area (TPSA) is 82.7 Å². The molecular weight excluding hydrogens is 666 g/mol. The van der Waals surface area contributed by atoms with E-state index in [1.165, 1.54) is 36.7 Å². The number of aromatic nitrogens is 4. The van der Waals surface area contributed by atoms with Crippen LogP contribution in [0.2, 0.25) is 0 Å². The number of nitrogens with zero attached hydrogens (tertiary/aromatic N) is 8. The highest BCUT2D eigenvalue weighted by Crippen LogP contribution is 2.51. The third kappa shape index (κ3) is 5.59. The summed E-state index contributed by atoms with van der Waals surface area (Å²) in [5.41, 5.74) is 0.330. The first-order valence-electron chi connectivity index (χ1n) is 17.3. The number of anilines is 1. The van der Waals surface area contributed by atoms with Crippen molar-refractivity contribution in [3.05, 3.63) is 59.2 Å². The van der Waals surface area contributed by atoms with Gasteiger partial charge in [-0.25, -0.2) is 4.79 Å². The van der Waals surface area contributed by atoms with Crippen LogP contribution in [0.5, 0.6) is 0 Å². The van der Waals surface area contributed by atoms with Gasteiger partial charge in [-0.2, -0.15) is 23.3 Å². The quantitative estimate of drug-likeness (QED) is 0.259. The average Bonchev–Trinajstić information content (AvgIpc) is 3.88. The van der Waals surface area contributed by atoms with Crippen LogP contribution < -0.4 is 10.6 Å². The Balaban J connectivity index is 1.33. The summed E-state index contributed by atoms with van der Waals surface area (Å²) in [5, 5.41) is 5.39. The van der Waals surface area contributed by atoms with Crippen molar-refractivity contribution in [2.45, 2.75) is 61.9 Å². The zero-order valence-corrected chi connectivity index (χ0v) is 29.3. The van der Waals surface area contributed by atoms with Gasteiger partial charge in [0.1, 0.15) is 5.82 Å². The first kappa shape index (κ1) is 33.3. The zero-order chi connectivity index (χ0) is 35.1. The van der Waals surface area contributed by atoms with Gasteiger partial charge in [0.2, 0.25) is 5.91 Å². The number of halogens is 3. The molecule has 0 N–H and O–H groups in total. The molecule has 2 aromatic heterocycles. The maximum absolute atomic E-state index is 15.4. The maximum Gasteiger partial charge on any atom is 0.417 e. The molecule has 4 aromatic rings. The van der Waals surface area contributed by atoms with Gasteiger partial charge in [-0.3, -0.25) is 23.8 Å². The van der Waals surface area contributed by atoms with Gasteiger partial charge in [0.25, 0.3) is 0 Å². The normalized spacial score (nSPS) is 23.6. The molecule has 1 amide bonds. The van der Waals surface area contributed by atoms with E-state index in [4.69, 9.17) is 0 Å². The number of fused-ring (bicyclic) bond motifs is 1. The van der Waals surface area contributed by atoms with Crippen LogP contribution in [0, 0.1) is 0 Å². The second-order valence-corrected chi connectivity index (χ2v) is 15.2. The lowest BCUT2D eigenvalue weighted by molar-refractivity contribution is -0.137. The fraction of sp³-hybridized carbons (Fsp3) is 0.500. The molecule has 3 fully saturated rings. The lowest BCUT2D eigenvalue weighted by atomic mass is 9.94. The Morgan fingerprint density at radius 3 is 2.54 bits per heavy atom. The van der Waals surface area contributed by atoms with Crippen LogP contribution in [0.1, 0.15) is 38.3 Å². The number of benzene rings is 2. The summed E-state index contributed by atoms with van der Waals surface area (Å²) in [6, 6.07) is 6.36. The summed E-state index contributed by atoms with van der Waals surface area (Å²) in [4.78, 5) is 40.5. The van der Waals surface area contributed by atoms with Gasteiger partial charge in [0, 0.05) is 104 Å². The van der Waals surface area contributed by atoms with E-state index in [1.807, 2.05) is 24.8 Å². The Kier molecular flexibility index (Phi) is 8.26. The number of thioether (sulfide) groups is 1. The Labute approximate surface area is 292 Å². The number of alkyl halides is 3. The summed E-state index contributed by atoms with van der Waals surface area (Å²) in [6.07, 6.45) is 0.739. The van der Waals surface area contributed by atoms with E-state index >= 15 is 13.2 Å². The van der Waals surface area contributed by atoms with Crippen molar-refractivity contribution < 1.29 is 18.0 Å². The van der Waals surface area contributed by atoms with Crippen molar-refractivity contribution in [3.63, 3.8) is 0 Å². The molecule has 4 aliphatic rings. The third-order valence-corrected chi connectivity index (χ3v) is 12.2. The highest BCUT2D eigenvalue weighted by atomic mass is 32.2. The molecule has 3 atom stereocenters. The fourth-order valence-electron chi connectivity index (χ4n) is 8.27. The molecule has 2 aromatic carbocycles. The van der Waals surface area contributed by atoms with Crippen LogP contribution in [-0.2, 0) is 18.0 Å². The number of carbonyl (C=O) groups is 1. The number of amides is 1. The van der Waals surface area contributed by atoms with E-state index in [9.17, 15) is 9.59 Å². The SMILES string of the molecule is C=CC(=O)N1C[C@H](C)N(c2nc(=O)n3c4c(c(-c5cccc6cnn(C)c56)c(C(F)(F)F)cc24)SC[C@@H]3CN2CCN(C3CC3)CC2)C[C@H]1C. The van der Waals surface area contributed by atoms with Crippen LogP contribution >= 0.6 is 11.8 Å². The van der Waals surface area contributed by atoms with Crippen molar-refractivity contribution >= 4 is 45.3 Å². The Bertz CT molecular complexity index is 2070. The third-order valence-electron chi connectivity index (χ3n) is 10.9. The van der Waals surface area contributed by atoms with Gasteiger partial charge >= 0.3 is 11.9 Å². The Morgan fingerprint density at radius 2 is 1.84 bits per heavy atom. The molecule has 3 aliphatic heterocycles. The van der Waals surface area contributed by atoms with Crippen LogP contribution in [0.3, 0.4) is 0 Å². The average molecular weight is 707 g/mol. The predicted molar refractivity (Wildman–Crippen MR) is 190 cm³/mol. The van der Waals surface area contributed by atoms with Gasteiger partial charge in [-0.15, -0.1) is 11.8 Å². The lowest BCUT2D eigenvalue weighted by Crippen LogP contribution is -2.58. The molecule has 1 aliphatic carbocycles. The summed E-state index contributed by atoms with van der Waals surface area (Å²) in [5.74, 6) is 0.458. The van der Waals surface area contributed by atoms with Gasteiger partial charge in [-0.1, -0.05) is 24.8 Å². The van der Waals surface area contributed by atoms with Gasteiger partial charge < -0.3 is 9.80 Å².